The number of nitro groups is 1. The molecule has 0 aliphatic heterocycles. The Kier molecular flexibility index (Phi) is 3.96. The second kappa shape index (κ2) is 5.28. The molecule has 0 spiro atoms. The first kappa shape index (κ1) is 15.7. The second-order valence-electron chi connectivity index (χ2n) is 4.22. The van der Waals surface area contributed by atoms with Gasteiger partial charge in [0.25, 0.3) is 0 Å². The summed E-state index contributed by atoms with van der Waals surface area (Å²) in [5, 5.41) is 11.1. The van der Waals surface area contributed by atoms with Crippen molar-refractivity contribution < 1.29 is 13.3 Å². The van der Waals surface area contributed by atoms with E-state index in [9.17, 15) is 18.5 Å². The molecule has 0 saturated heterocycles. The second-order valence-corrected chi connectivity index (χ2v) is 6.79. The Morgan fingerprint density at radius 3 is 2.43 bits per heavy atom. The van der Waals surface area contributed by atoms with Gasteiger partial charge in [0.15, 0.2) is 0 Å². The minimum absolute atomic E-state index is 0.0367. The number of benzene rings is 1. The molecule has 0 unspecified atom stereocenters. The van der Waals surface area contributed by atoms with Crippen molar-refractivity contribution in [2.45, 2.75) is 18.7 Å². The molecule has 0 N–H and O–H groups in total. The molecule has 2 aromatic rings. The van der Waals surface area contributed by atoms with Crippen molar-refractivity contribution in [2.24, 2.45) is 0 Å². The van der Waals surface area contributed by atoms with Crippen LogP contribution >= 0.6 is 23.2 Å². The van der Waals surface area contributed by atoms with Crippen LogP contribution in [0.25, 0.3) is 0 Å². The van der Waals surface area contributed by atoms with Crippen LogP contribution in [0.4, 0.5) is 5.82 Å². The quantitative estimate of drug-likeness (QED) is 0.626. The van der Waals surface area contributed by atoms with Gasteiger partial charge < -0.3 is 10.1 Å². The molecule has 0 bridgehead atoms. The third kappa shape index (κ3) is 2.61. The van der Waals surface area contributed by atoms with Crippen molar-refractivity contribution in [3.8, 4) is 0 Å². The monoisotopic (exact) mass is 349 g/mol. The van der Waals surface area contributed by atoms with E-state index in [-0.39, 0.29) is 15.7 Å². The maximum atomic E-state index is 12.6. The number of imidazole rings is 1. The van der Waals surface area contributed by atoms with Crippen molar-refractivity contribution in [1.82, 2.24) is 8.96 Å². The van der Waals surface area contributed by atoms with E-state index in [1.807, 2.05) is 0 Å². The molecule has 0 aliphatic carbocycles. The van der Waals surface area contributed by atoms with Gasteiger partial charge in [-0.1, -0.05) is 27.2 Å². The van der Waals surface area contributed by atoms with E-state index < -0.39 is 20.8 Å². The van der Waals surface area contributed by atoms with Crippen LogP contribution in [0.5, 0.6) is 0 Å². The molecular weight excluding hydrogens is 341 g/mol. The lowest BCUT2D eigenvalue weighted by Crippen LogP contribution is -2.17. The van der Waals surface area contributed by atoms with Gasteiger partial charge in [0.05, 0.1) is 5.02 Å². The van der Waals surface area contributed by atoms with Crippen LogP contribution in [0, 0.1) is 24.0 Å². The van der Waals surface area contributed by atoms with E-state index in [4.69, 9.17) is 23.2 Å². The number of aryl methyl sites for hydroxylation is 2. The van der Waals surface area contributed by atoms with Gasteiger partial charge in [0.2, 0.25) is 5.82 Å². The summed E-state index contributed by atoms with van der Waals surface area (Å²) in [6, 6.07) is 2.55. The van der Waals surface area contributed by atoms with E-state index in [2.05, 4.69) is 4.98 Å². The van der Waals surface area contributed by atoms with E-state index in [1.54, 1.807) is 6.92 Å². The lowest BCUT2D eigenvalue weighted by atomic mass is 10.2. The fraction of sp³-hybridized carbons (Fsp3) is 0.182. The lowest BCUT2D eigenvalue weighted by Gasteiger charge is -2.08. The SMILES string of the molecule is Cc1cc(S(=O)(=O)n2c([N+](=O)[O-])cnc2C)c(Cl)cc1Cl. The minimum Gasteiger partial charge on any atom is -0.358 e. The van der Waals surface area contributed by atoms with Gasteiger partial charge in [-0.15, -0.1) is 0 Å². The molecule has 10 heteroatoms. The zero-order chi connectivity index (χ0) is 15.9. The average Bonchev–Trinajstić information content (AvgIpc) is 2.76. The third-order valence-corrected chi connectivity index (χ3v) is 5.44. The van der Waals surface area contributed by atoms with Gasteiger partial charge in [-0.05, 0) is 29.5 Å². The van der Waals surface area contributed by atoms with Crippen molar-refractivity contribution >= 4 is 39.0 Å². The van der Waals surface area contributed by atoms with Crippen molar-refractivity contribution in [1.29, 1.82) is 0 Å². The zero-order valence-electron chi connectivity index (χ0n) is 10.9. The molecule has 1 aromatic heterocycles. The lowest BCUT2D eigenvalue weighted by molar-refractivity contribution is -0.390. The number of halogens is 2. The normalized spacial score (nSPS) is 11.6. The predicted molar refractivity (Wildman–Crippen MR) is 77.4 cm³/mol. The highest BCUT2D eigenvalue weighted by atomic mass is 35.5. The summed E-state index contributed by atoms with van der Waals surface area (Å²) >= 11 is 11.8. The third-order valence-electron chi connectivity index (χ3n) is 2.79. The zero-order valence-corrected chi connectivity index (χ0v) is 13.2. The Bertz CT molecular complexity index is 845. The van der Waals surface area contributed by atoms with Gasteiger partial charge in [0, 0.05) is 11.9 Å². The van der Waals surface area contributed by atoms with Crippen LogP contribution in [-0.4, -0.2) is 22.3 Å². The van der Waals surface area contributed by atoms with E-state index in [1.165, 1.54) is 19.1 Å². The molecule has 2 rings (SSSR count). The van der Waals surface area contributed by atoms with Crippen molar-refractivity contribution in [2.75, 3.05) is 0 Å². The topological polar surface area (TPSA) is 95.1 Å². The standard InChI is InChI=1S/C11H9Cl2N3O4S/c1-6-3-10(9(13)4-8(6)12)21(19,20)15-7(2)14-5-11(15)16(17)18/h3-5H,1-2H3. The molecule has 0 aliphatic rings. The number of rotatable bonds is 3. The largest absolute Gasteiger partial charge is 0.358 e. The van der Waals surface area contributed by atoms with Crippen LogP contribution in [0.2, 0.25) is 10.0 Å². The smallest absolute Gasteiger partial charge is 0.358 e. The fourth-order valence-electron chi connectivity index (χ4n) is 1.77. The Morgan fingerprint density at radius 1 is 1.24 bits per heavy atom. The highest BCUT2D eigenvalue weighted by Gasteiger charge is 2.33. The molecule has 7 nitrogen and oxygen atoms in total. The number of hydrogen-bond donors (Lipinski definition) is 0. The van der Waals surface area contributed by atoms with Crippen LogP contribution < -0.4 is 0 Å². The Labute approximate surface area is 130 Å². The highest BCUT2D eigenvalue weighted by Crippen LogP contribution is 2.31. The van der Waals surface area contributed by atoms with Gasteiger partial charge in [-0.3, -0.25) is 0 Å². The molecule has 0 radical (unpaired) electrons. The number of nitrogens with zero attached hydrogens (tertiary/aromatic N) is 3. The summed E-state index contributed by atoms with van der Waals surface area (Å²) in [5.41, 5.74) is 0.486. The van der Waals surface area contributed by atoms with E-state index in [0.29, 0.717) is 14.6 Å². The van der Waals surface area contributed by atoms with Gasteiger partial charge in [0.1, 0.15) is 11.1 Å². The first-order valence-electron chi connectivity index (χ1n) is 5.56. The van der Waals surface area contributed by atoms with Crippen LogP contribution in [-0.2, 0) is 10.0 Å². The van der Waals surface area contributed by atoms with E-state index in [0.717, 1.165) is 6.20 Å². The first-order chi connectivity index (χ1) is 9.66. The highest BCUT2D eigenvalue weighted by molar-refractivity contribution is 7.90. The summed E-state index contributed by atoms with van der Waals surface area (Å²) in [6.45, 7) is 2.95. The molecule has 0 amide bonds. The van der Waals surface area contributed by atoms with Crippen molar-refractivity contribution in [3.05, 3.63) is 49.9 Å². The summed E-state index contributed by atoms with van der Waals surface area (Å²) in [5.74, 6) is -0.693. The number of hydrogen-bond acceptors (Lipinski definition) is 5. The van der Waals surface area contributed by atoms with Gasteiger partial charge >= 0.3 is 15.8 Å². The Balaban J connectivity index is 2.78. The average molecular weight is 350 g/mol. The van der Waals surface area contributed by atoms with Crippen molar-refractivity contribution in [3.63, 3.8) is 0 Å². The molecule has 0 fully saturated rings. The molecular formula is C11H9Cl2N3O4S. The predicted octanol–water partition coefficient (Wildman–Crippen LogP) is 2.95. The molecule has 1 heterocycles. The molecule has 0 atom stereocenters. The Hall–Kier alpha value is -1.64. The summed E-state index contributed by atoms with van der Waals surface area (Å²) < 4.78 is 25.8. The molecule has 112 valence electrons. The van der Waals surface area contributed by atoms with E-state index >= 15 is 0 Å². The van der Waals surface area contributed by atoms with Gasteiger partial charge in [-0.2, -0.15) is 8.42 Å². The summed E-state index contributed by atoms with van der Waals surface area (Å²) in [6.07, 6.45) is 0.879. The van der Waals surface area contributed by atoms with Gasteiger partial charge in [-0.25, -0.2) is 4.98 Å². The van der Waals surface area contributed by atoms with Crippen LogP contribution in [0.15, 0.2) is 23.2 Å². The first-order valence-corrected chi connectivity index (χ1v) is 7.76. The maximum absolute atomic E-state index is 12.6. The molecule has 1 aromatic carbocycles. The Morgan fingerprint density at radius 2 is 1.86 bits per heavy atom. The van der Waals surface area contributed by atoms with Crippen LogP contribution in [0.1, 0.15) is 11.4 Å². The maximum Gasteiger partial charge on any atom is 0.358 e. The van der Waals surface area contributed by atoms with Crippen LogP contribution in [0.3, 0.4) is 0 Å². The molecule has 21 heavy (non-hydrogen) atoms. The summed E-state index contributed by atoms with van der Waals surface area (Å²) in [4.78, 5) is 13.5. The summed E-state index contributed by atoms with van der Waals surface area (Å²) in [7, 11) is -4.25. The molecule has 0 saturated carbocycles. The minimum atomic E-state index is -4.25. The number of aromatic nitrogens is 2. The fourth-order valence-corrected chi connectivity index (χ4v) is 4.03.